The van der Waals surface area contributed by atoms with E-state index in [2.05, 4.69) is 15.2 Å². The summed E-state index contributed by atoms with van der Waals surface area (Å²) in [4.78, 5) is 18.4. The van der Waals surface area contributed by atoms with E-state index in [1.807, 2.05) is 20.8 Å². The number of esters is 1. The highest BCUT2D eigenvalue weighted by Gasteiger charge is 2.35. The first-order chi connectivity index (χ1) is 9.89. The molecule has 2 atom stereocenters. The van der Waals surface area contributed by atoms with Gasteiger partial charge in [0, 0.05) is 20.1 Å². The number of halogens is 1. The van der Waals surface area contributed by atoms with Gasteiger partial charge in [0.25, 0.3) is 0 Å². The lowest BCUT2D eigenvalue weighted by atomic mass is 9.82. The van der Waals surface area contributed by atoms with Gasteiger partial charge in [0.05, 0.1) is 0 Å². The van der Waals surface area contributed by atoms with Gasteiger partial charge in [0.1, 0.15) is 12.1 Å². The van der Waals surface area contributed by atoms with E-state index in [0.717, 1.165) is 30.9 Å². The first-order valence-electron chi connectivity index (χ1n) is 8.06. The van der Waals surface area contributed by atoms with Crippen LogP contribution in [0.2, 0.25) is 0 Å². The van der Waals surface area contributed by atoms with Crippen LogP contribution >= 0.6 is 24.0 Å². The number of fused-ring (bicyclic) bond motifs is 1. The van der Waals surface area contributed by atoms with Gasteiger partial charge >= 0.3 is 5.97 Å². The molecule has 6 heteroatoms. The van der Waals surface area contributed by atoms with Crippen LogP contribution in [0.1, 0.15) is 46.5 Å². The van der Waals surface area contributed by atoms with E-state index >= 15 is 0 Å². The van der Waals surface area contributed by atoms with E-state index in [1.54, 1.807) is 7.05 Å². The zero-order valence-corrected chi connectivity index (χ0v) is 16.6. The quantitative estimate of drug-likeness (QED) is 0.321. The van der Waals surface area contributed by atoms with Crippen LogP contribution in [0.15, 0.2) is 4.99 Å². The summed E-state index contributed by atoms with van der Waals surface area (Å²) in [6, 6.07) is 0. The molecule has 1 aliphatic heterocycles. The number of hydrogen-bond donors (Lipinski definition) is 1. The standard InChI is InChI=1S/C16H29N3O2.HI/c1-16(2,3)21-14(20)9-18-15(17-4)19-10-12-7-5-6-8-13(12)11-19;/h12-13H,5-11H2,1-4H3,(H,17,18);1H. The lowest BCUT2D eigenvalue weighted by Crippen LogP contribution is -2.43. The number of aliphatic imine (C=N–C) groups is 1. The Morgan fingerprint density at radius 2 is 1.77 bits per heavy atom. The zero-order valence-electron chi connectivity index (χ0n) is 14.2. The second-order valence-corrected chi connectivity index (χ2v) is 7.20. The average molecular weight is 423 g/mol. The van der Waals surface area contributed by atoms with Gasteiger partial charge in [0.2, 0.25) is 0 Å². The number of nitrogens with one attached hydrogen (secondary N) is 1. The average Bonchev–Trinajstić information content (AvgIpc) is 2.80. The minimum absolute atomic E-state index is 0. The Balaban J connectivity index is 0.00000242. The molecule has 1 saturated carbocycles. The third kappa shape index (κ3) is 5.59. The van der Waals surface area contributed by atoms with Gasteiger partial charge in [0.15, 0.2) is 5.96 Å². The monoisotopic (exact) mass is 423 g/mol. The van der Waals surface area contributed by atoms with E-state index in [0.29, 0.717) is 0 Å². The first kappa shape index (κ1) is 19.5. The van der Waals surface area contributed by atoms with Crippen molar-refractivity contribution in [2.24, 2.45) is 16.8 Å². The molecule has 1 N–H and O–H groups in total. The second kappa shape index (κ2) is 8.36. The summed E-state index contributed by atoms with van der Waals surface area (Å²) in [7, 11) is 1.78. The van der Waals surface area contributed by atoms with Crippen LogP contribution in [-0.2, 0) is 9.53 Å². The number of carbonyl (C=O) groups is 1. The van der Waals surface area contributed by atoms with E-state index < -0.39 is 5.60 Å². The van der Waals surface area contributed by atoms with Gasteiger partial charge in [-0.3, -0.25) is 9.79 Å². The molecule has 1 saturated heterocycles. The highest BCUT2D eigenvalue weighted by Crippen LogP contribution is 2.35. The molecule has 1 aliphatic carbocycles. The minimum atomic E-state index is -0.440. The Morgan fingerprint density at radius 1 is 1.23 bits per heavy atom. The van der Waals surface area contributed by atoms with Gasteiger partial charge in [-0.15, -0.1) is 24.0 Å². The number of likely N-dealkylation sites (tertiary alicyclic amines) is 1. The number of rotatable bonds is 2. The molecule has 5 nitrogen and oxygen atoms in total. The number of nitrogens with zero attached hydrogens (tertiary/aromatic N) is 2. The highest BCUT2D eigenvalue weighted by molar-refractivity contribution is 14.0. The Morgan fingerprint density at radius 3 is 2.23 bits per heavy atom. The maximum absolute atomic E-state index is 11.8. The van der Waals surface area contributed by atoms with Crippen molar-refractivity contribution in [2.45, 2.75) is 52.1 Å². The van der Waals surface area contributed by atoms with Crippen LogP contribution < -0.4 is 5.32 Å². The molecule has 2 rings (SSSR count). The number of hydrogen-bond acceptors (Lipinski definition) is 3. The fourth-order valence-corrected chi connectivity index (χ4v) is 3.44. The molecule has 22 heavy (non-hydrogen) atoms. The maximum Gasteiger partial charge on any atom is 0.325 e. The Kier molecular flexibility index (Phi) is 7.41. The van der Waals surface area contributed by atoms with Crippen molar-refractivity contribution in [3.05, 3.63) is 0 Å². The lowest BCUT2D eigenvalue weighted by molar-refractivity contribution is -0.153. The third-order valence-corrected chi connectivity index (χ3v) is 4.30. The van der Waals surface area contributed by atoms with Crippen LogP contribution in [0, 0.1) is 11.8 Å². The predicted octanol–water partition coefficient (Wildman–Crippen LogP) is 2.64. The SMILES string of the molecule is CN=C(NCC(=O)OC(C)(C)C)N1CC2CCCCC2C1.I. The van der Waals surface area contributed by atoms with Crippen molar-refractivity contribution in [1.29, 1.82) is 0 Å². The van der Waals surface area contributed by atoms with Crippen molar-refractivity contribution < 1.29 is 9.53 Å². The molecule has 0 aromatic carbocycles. The van der Waals surface area contributed by atoms with Crippen LogP contribution in [0.5, 0.6) is 0 Å². The maximum atomic E-state index is 11.8. The van der Waals surface area contributed by atoms with Crippen molar-refractivity contribution >= 4 is 35.9 Å². The fourth-order valence-electron chi connectivity index (χ4n) is 3.44. The van der Waals surface area contributed by atoms with Crippen LogP contribution in [0.25, 0.3) is 0 Å². The van der Waals surface area contributed by atoms with Crippen LogP contribution in [0.4, 0.5) is 0 Å². The number of carbonyl (C=O) groups excluding carboxylic acids is 1. The van der Waals surface area contributed by atoms with E-state index in [4.69, 9.17) is 4.74 Å². The summed E-state index contributed by atoms with van der Waals surface area (Å²) >= 11 is 0. The second-order valence-electron chi connectivity index (χ2n) is 7.20. The van der Waals surface area contributed by atoms with Gasteiger partial charge in [-0.25, -0.2) is 0 Å². The molecular formula is C16H30IN3O2. The Labute approximate surface area is 151 Å². The van der Waals surface area contributed by atoms with Crippen LogP contribution in [-0.4, -0.2) is 49.1 Å². The van der Waals surface area contributed by atoms with Gasteiger partial charge in [-0.1, -0.05) is 12.8 Å². The molecule has 2 aliphatic rings. The summed E-state index contributed by atoms with van der Waals surface area (Å²) in [5, 5.41) is 3.14. The fraction of sp³-hybridized carbons (Fsp3) is 0.875. The summed E-state index contributed by atoms with van der Waals surface area (Å²) in [5.74, 6) is 2.20. The van der Waals surface area contributed by atoms with E-state index in [-0.39, 0.29) is 36.5 Å². The molecule has 0 bridgehead atoms. The molecule has 1 heterocycles. The van der Waals surface area contributed by atoms with Gasteiger partial charge in [-0.2, -0.15) is 0 Å². The van der Waals surface area contributed by atoms with Gasteiger partial charge in [-0.05, 0) is 45.4 Å². The first-order valence-corrected chi connectivity index (χ1v) is 8.06. The molecule has 0 aromatic rings. The summed E-state index contributed by atoms with van der Waals surface area (Å²) in [5.41, 5.74) is -0.440. The minimum Gasteiger partial charge on any atom is -0.459 e. The molecule has 2 unspecified atom stereocenters. The molecule has 128 valence electrons. The van der Waals surface area contributed by atoms with E-state index in [9.17, 15) is 4.79 Å². The molecular weight excluding hydrogens is 393 g/mol. The highest BCUT2D eigenvalue weighted by atomic mass is 127. The Bertz CT molecular complexity index is 393. The zero-order chi connectivity index (χ0) is 15.5. The molecule has 2 fully saturated rings. The molecule has 0 aromatic heterocycles. The molecule has 0 amide bonds. The summed E-state index contributed by atoms with van der Waals surface area (Å²) in [6.45, 7) is 7.95. The molecule has 0 spiro atoms. The normalized spacial score (nSPS) is 25.3. The number of ether oxygens (including phenoxy) is 1. The third-order valence-electron chi connectivity index (χ3n) is 4.30. The van der Waals surface area contributed by atoms with Crippen LogP contribution in [0.3, 0.4) is 0 Å². The van der Waals surface area contributed by atoms with Crippen molar-refractivity contribution in [3.8, 4) is 0 Å². The van der Waals surface area contributed by atoms with E-state index in [1.165, 1.54) is 25.7 Å². The predicted molar refractivity (Wildman–Crippen MR) is 99.6 cm³/mol. The lowest BCUT2D eigenvalue weighted by Gasteiger charge is -2.23. The summed E-state index contributed by atoms with van der Waals surface area (Å²) < 4.78 is 5.31. The van der Waals surface area contributed by atoms with Crippen molar-refractivity contribution in [3.63, 3.8) is 0 Å². The van der Waals surface area contributed by atoms with Crippen molar-refractivity contribution in [1.82, 2.24) is 10.2 Å². The molecule has 0 radical (unpaired) electrons. The Hall–Kier alpha value is -0.530. The summed E-state index contributed by atoms with van der Waals surface area (Å²) in [6.07, 6.45) is 5.40. The smallest absolute Gasteiger partial charge is 0.325 e. The largest absolute Gasteiger partial charge is 0.459 e. The van der Waals surface area contributed by atoms with Crippen molar-refractivity contribution in [2.75, 3.05) is 26.7 Å². The number of guanidine groups is 1. The van der Waals surface area contributed by atoms with Gasteiger partial charge < -0.3 is 15.0 Å². The topological polar surface area (TPSA) is 53.9 Å².